The van der Waals surface area contributed by atoms with Crippen LogP contribution in [0.15, 0.2) is 24.3 Å². The molecule has 1 aromatic carbocycles. The maximum absolute atomic E-state index is 12.6. The van der Waals surface area contributed by atoms with Crippen LogP contribution in [0.3, 0.4) is 0 Å². The molecule has 0 aliphatic heterocycles. The molecule has 0 aliphatic rings. The largest absolute Gasteiger partial charge is 0.416 e. The van der Waals surface area contributed by atoms with Crippen LogP contribution in [-0.2, 0) is 12.7 Å². The van der Waals surface area contributed by atoms with E-state index < -0.39 is 17.8 Å². The molecule has 100 valence electrons. The zero-order valence-electron chi connectivity index (χ0n) is 9.42. The Balaban J connectivity index is 2.65. The molecule has 2 amide bonds. The van der Waals surface area contributed by atoms with Crippen molar-refractivity contribution in [3.63, 3.8) is 0 Å². The summed E-state index contributed by atoms with van der Waals surface area (Å²) in [6.45, 7) is -0.410. The lowest BCUT2D eigenvalue weighted by Gasteiger charge is -2.13. The standard InChI is InChI=1S/C11H13F3N2O2/c12-11(13,14)9-4-2-1-3-8(9)7-16-10(18)15-5-6-17/h1-4,17H,5-7H2,(H2,15,16,18). The minimum atomic E-state index is -4.44. The molecule has 0 saturated heterocycles. The van der Waals surface area contributed by atoms with Gasteiger partial charge in [0.2, 0.25) is 0 Å². The van der Waals surface area contributed by atoms with Crippen molar-refractivity contribution in [3.8, 4) is 0 Å². The number of nitrogens with one attached hydrogen (secondary N) is 2. The number of benzene rings is 1. The lowest BCUT2D eigenvalue weighted by atomic mass is 10.1. The van der Waals surface area contributed by atoms with Gasteiger partial charge < -0.3 is 15.7 Å². The summed E-state index contributed by atoms with van der Waals surface area (Å²) in [5, 5.41) is 13.0. The Kier molecular flexibility index (Phi) is 4.96. The van der Waals surface area contributed by atoms with Crippen LogP contribution in [0.4, 0.5) is 18.0 Å². The topological polar surface area (TPSA) is 61.4 Å². The number of amides is 2. The molecule has 0 bridgehead atoms. The molecule has 0 aliphatic carbocycles. The van der Waals surface area contributed by atoms with Gasteiger partial charge in [-0.1, -0.05) is 18.2 Å². The Bertz CT molecular complexity index is 408. The number of aliphatic hydroxyl groups excluding tert-OH is 1. The highest BCUT2D eigenvalue weighted by molar-refractivity contribution is 5.73. The Morgan fingerprint density at radius 1 is 1.22 bits per heavy atom. The summed E-state index contributed by atoms with van der Waals surface area (Å²) >= 11 is 0. The van der Waals surface area contributed by atoms with E-state index in [0.717, 1.165) is 6.07 Å². The monoisotopic (exact) mass is 262 g/mol. The summed E-state index contributed by atoms with van der Waals surface area (Å²) in [6.07, 6.45) is -4.44. The highest BCUT2D eigenvalue weighted by Gasteiger charge is 2.32. The first-order valence-corrected chi connectivity index (χ1v) is 5.23. The van der Waals surface area contributed by atoms with Crippen molar-refractivity contribution in [2.75, 3.05) is 13.2 Å². The van der Waals surface area contributed by atoms with Crippen molar-refractivity contribution >= 4 is 6.03 Å². The van der Waals surface area contributed by atoms with Crippen molar-refractivity contribution in [2.24, 2.45) is 0 Å². The quantitative estimate of drug-likeness (QED) is 0.770. The average molecular weight is 262 g/mol. The van der Waals surface area contributed by atoms with E-state index in [-0.39, 0.29) is 25.3 Å². The summed E-state index contributed by atoms with van der Waals surface area (Å²) in [5.41, 5.74) is -0.781. The van der Waals surface area contributed by atoms with Crippen molar-refractivity contribution in [1.82, 2.24) is 10.6 Å². The molecule has 0 spiro atoms. The third-order valence-corrected chi connectivity index (χ3v) is 2.16. The van der Waals surface area contributed by atoms with Crippen LogP contribution in [0, 0.1) is 0 Å². The van der Waals surface area contributed by atoms with E-state index in [1.54, 1.807) is 0 Å². The van der Waals surface area contributed by atoms with Crippen molar-refractivity contribution in [1.29, 1.82) is 0 Å². The molecule has 1 rings (SSSR count). The normalized spacial score (nSPS) is 11.1. The molecule has 0 unspecified atom stereocenters. The molecule has 3 N–H and O–H groups in total. The molecule has 1 aromatic rings. The van der Waals surface area contributed by atoms with Crippen LogP contribution in [0.1, 0.15) is 11.1 Å². The smallest absolute Gasteiger partial charge is 0.395 e. The molecule has 7 heteroatoms. The lowest BCUT2D eigenvalue weighted by molar-refractivity contribution is -0.138. The zero-order chi connectivity index (χ0) is 13.6. The van der Waals surface area contributed by atoms with Gasteiger partial charge in [-0.15, -0.1) is 0 Å². The zero-order valence-corrected chi connectivity index (χ0v) is 9.42. The van der Waals surface area contributed by atoms with E-state index in [4.69, 9.17) is 5.11 Å². The van der Waals surface area contributed by atoms with E-state index in [9.17, 15) is 18.0 Å². The second kappa shape index (κ2) is 6.25. The summed E-state index contributed by atoms with van der Waals surface area (Å²) in [4.78, 5) is 11.1. The molecule has 0 radical (unpaired) electrons. The molecule has 4 nitrogen and oxygen atoms in total. The van der Waals surface area contributed by atoms with E-state index in [1.165, 1.54) is 18.2 Å². The Morgan fingerprint density at radius 2 is 1.89 bits per heavy atom. The third kappa shape index (κ3) is 4.25. The van der Waals surface area contributed by atoms with Gasteiger partial charge in [0.1, 0.15) is 0 Å². The second-order valence-corrected chi connectivity index (χ2v) is 3.49. The number of hydrogen-bond acceptors (Lipinski definition) is 2. The summed E-state index contributed by atoms with van der Waals surface area (Å²) in [7, 11) is 0. The van der Waals surface area contributed by atoms with Crippen LogP contribution >= 0.6 is 0 Å². The molecule has 0 heterocycles. The minimum Gasteiger partial charge on any atom is -0.395 e. The molecule has 0 aromatic heterocycles. The Morgan fingerprint density at radius 3 is 2.50 bits per heavy atom. The molecule has 0 atom stereocenters. The number of aliphatic hydroxyl groups is 1. The van der Waals surface area contributed by atoms with E-state index >= 15 is 0 Å². The van der Waals surface area contributed by atoms with Gasteiger partial charge in [0.15, 0.2) is 0 Å². The van der Waals surface area contributed by atoms with Gasteiger partial charge in [0.05, 0.1) is 12.2 Å². The lowest BCUT2D eigenvalue weighted by Crippen LogP contribution is -2.36. The van der Waals surface area contributed by atoms with Gasteiger partial charge in [-0.25, -0.2) is 4.79 Å². The number of alkyl halides is 3. The fourth-order valence-electron chi connectivity index (χ4n) is 1.36. The SMILES string of the molecule is O=C(NCCO)NCc1ccccc1C(F)(F)F. The predicted octanol–water partition coefficient (Wildman–Crippen LogP) is 1.50. The number of urea groups is 1. The van der Waals surface area contributed by atoms with E-state index in [0.29, 0.717) is 0 Å². The summed E-state index contributed by atoms with van der Waals surface area (Å²) in [6, 6.07) is 4.40. The average Bonchev–Trinajstić information content (AvgIpc) is 2.33. The van der Waals surface area contributed by atoms with E-state index in [1.807, 2.05) is 0 Å². The van der Waals surface area contributed by atoms with Crippen LogP contribution in [-0.4, -0.2) is 24.3 Å². The predicted molar refractivity (Wildman–Crippen MR) is 58.8 cm³/mol. The fourth-order valence-corrected chi connectivity index (χ4v) is 1.36. The maximum atomic E-state index is 12.6. The molecule has 0 fully saturated rings. The first-order chi connectivity index (χ1) is 8.45. The van der Waals surface area contributed by atoms with Crippen molar-refractivity contribution in [2.45, 2.75) is 12.7 Å². The molecular formula is C11H13F3N2O2. The number of halogens is 3. The Labute approximate surface area is 102 Å². The van der Waals surface area contributed by atoms with Gasteiger partial charge in [-0.05, 0) is 11.6 Å². The van der Waals surface area contributed by atoms with Crippen LogP contribution in [0.2, 0.25) is 0 Å². The van der Waals surface area contributed by atoms with Crippen molar-refractivity contribution < 1.29 is 23.1 Å². The van der Waals surface area contributed by atoms with Crippen LogP contribution in [0.25, 0.3) is 0 Å². The van der Waals surface area contributed by atoms with E-state index in [2.05, 4.69) is 10.6 Å². The summed E-state index contributed by atoms with van der Waals surface area (Å²) in [5.74, 6) is 0. The van der Waals surface area contributed by atoms with Crippen LogP contribution in [0.5, 0.6) is 0 Å². The number of carbonyl (C=O) groups excluding carboxylic acids is 1. The Hall–Kier alpha value is -1.76. The van der Waals surface area contributed by atoms with Gasteiger partial charge in [0.25, 0.3) is 0 Å². The highest BCUT2D eigenvalue weighted by atomic mass is 19.4. The second-order valence-electron chi connectivity index (χ2n) is 3.49. The molecule has 0 saturated carbocycles. The minimum absolute atomic E-state index is 0.0100. The number of hydrogen-bond donors (Lipinski definition) is 3. The first kappa shape index (κ1) is 14.3. The number of rotatable bonds is 4. The first-order valence-electron chi connectivity index (χ1n) is 5.23. The molecule has 18 heavy (non-hydrogen) atoms. The highest BCUT2D eigenvalue weighted by Crippen LogP contribution is 2.31. The number of carbonyl (C=O) groups is 1. The molecular weight excluding hydrogens is 249 g/mol. The summed E-state index contributed by atoms with van der Waals surface area (Å²) < 4.78 is 37.8. The van der Waals surface area contributed by atoms with Gasteiger partial charge in [-0.2, -0.15) is 13.2 Å². The van der Waals surface area contributed by atoms with Gasteiger partial charge in [-0.3, -0.25) is 0 Å². The third-order valence-electron chi connectivity index (χ3n) is 2.16. The van der Waals surface area contributed by atoms with Gasteiger partial charge in [0, 0.05) is 13.1 Å². The van der Waals surface area contributed by atoms with Gasteiger partial charge >= 0.3 is 12.2 Å². The van der Waals surface area contributed by atoms with Crippen molar-refractivity contribution in [3.05, 3.63) is 35.4 Å². The maximum Gasteiger partial charge on any atom is 0.416 e. The van der Waals surface area contributed by atoms with Crippen LogP contribution < -0.4 is 10.6 Å². The fraction of sp³-hybridized carbons (Fsp3) is 0.364.